The average molecular weight is 1050 g/mol. The molecule has 0 N–H and O–H groups in total. The fraction of sp³-hybridized carbons (Fsp3) is 0.291. The summed E-state index contributed by atoms with van der Waals surface area (Å²) in [6.07, 6.45) is 9.12. The maximum atomic E-state index is 3.00. The Kier molecular flexibility index (Phi) is 31.3. The standard InChI is InChI=1S/C26H20.C17H20.C11H16.2C7H8.C7H16.C2H6.C2H4/c1-19-16-17-23-22-14-8-9-15-24(22)26(25(23)18-19,20-10-4-2-5-11-20)21-12-6-3-7-13-21;1-3-4-5-15-8-12-17(13-9-15)16-10-6-14(2)7-11-16;1-4-9(2)11-8-6-5-7-10(11)3;2*1-7-5-3-2-4-6-7;1-4-5-6-7(2)3;2*1-2/h2-18H,1H3;6-13H,3-5H2,1-2H3;5-9H,4H2,1-3H3;2*2-6H,1H3;7H,4-6H2,1-3H3;1-2H3;1-2H2. The number of fused-ring (bicyclic) bond motifs is 3. The molecule has 0 bridgehead atoms. The van der Waals surface area contributed by atoms with Gasteiger partial charge in [0, 0.05) is 0 Å². The lowest BCUT2D eigenvalue weighted by Gasteiger charge is -2.34. The summed E-state index contributed by atoms with van der Waals surface area (Å²) in [6, 6.07) is 84.4. The van der Waals surface area contributed by atoms with E-state index in [0.29, 0.717) is 5.92 Å². The van der Waals surface area contributed by atoms with Crippen LogP contribution < -0.4 is 0 Å². The molecule has 0 heterocycles. The molecular weight excluding hydrogens is 949 g/mol. The predicted molar refractivity (Wildman–Crippen MR) is 353 cm³/mol. The normalized spacial score (nSPS) is 11.2. The summed E-state index contributed by atoms with van der Waals surface area (Å²) in [6.45, 7) is 34.2. The highest BCUT2D eigenvalue weighted by Gasteiger charge is 2.45. The van der Waals surface area contributed by atoms with Gasteiger partial charge in [-0.25, -0.2) is 0 Å². The number of aryl methyl sites for hydroxylation is 6. The van der Waals surface area contributed by atoms with E-state index < -0.39 is 0 Å². The minimum atomic E-state index is -0.263. The first-order valence-electron chi connectivity index (χ1n) is 29.5. The van der Waals surface area contributed by atoms with Gasteiger partial charge in [-0.15, -0.1) is 13.2 Å². The molecule has 1 aliphatic carbocycles. The zero-order valence-corrected chi connectivity index (χ0v) is 51.0. The molecule has 0 aromatic heterocycles. The van der Waals surface area contributed by atoms with Gasteiger partial charge in [-0.2, -0.15) is 0 Å². The smallest absolute Gasteiger partial charge is 0.0713 e. The van der Waals surface area contributed by atoms with Crippen LogP contribution in [0.3, 0.4) is 0 Å². The van der Waals surface area contributed by atoms with Gasteiger partial charge in [0.15, 0.2) is 0 Å². The van der Waals surface area contributed by atoms with Gasteiger partial charge in [-0.1, -0.05) is 340 Å². The third kappa shape index (κ3) is 21.1. The SMILES string of the molecule is C=C.CC.CCC(C)c1ccccc1C.CCCCC(C)C.CCCCc1ccc(-c2ccc(C)cc2)cc1.Cc1ccc2c(c1)C(c1ccccc1)(c1ccccc1)c1ccccc1-2.Cc1ccccc1.Cc1ccccc1. The lowest BCUT2D eigenvalue weighted by atomic mass is 9.67. The first-order chi connectivity index (χ1) is 38.4. The fourth-order valence-electron chi connectivity index (χ4n) is 9.59. The Balaban J connectivity index is 0.000000268. The zero-order chi connectivity index (χ0) is 57.8. The van der Waals surface area contributed by atoms with Crippen molar-refractivity contribution in [3.63, 3.8) is 0 Å². The van der Waals surface area contributed by atoms with Crippen LogP contribution in [-0.2, 0) is 11.8 Å². The van der Waals surface area contributed by atoms with Crippen molar-refractivity contribution in [3.8, 4) is 22.3 Å². The van der Waals surface area contributed by atoms with Gasteiger partial charge in [0.25, 0.3) is 0 Å². The molecule has 0 radical (unpaired) electrons. The molecule has 0 saturated carbocycles. The molecule has 0 saturated heterocycles. The van der Waals surface area contributed by atoms with Crippen molar-refractivity contribution in [2.45, 2.75) is 146 Å². The van der Waals surface area contributed by atoms with Crippen molar-refractivity contribution in [1.29, 1.82) is 0 Å². The highest BCUT2D eigenvalue weighted by Crippen LogP contribution is 2.56. The fourth-order valence-corrected chi connectivity index (χ4v) is 9.59. The average Bonchev–Trinajstić information content (AvgIpc) is 4.07. The van der Waals surface area contributed by atoms with E-state index in [1.165, 1.54) is 128 Å². The Morgan fingerprint density at radius 2 is 0.797 bits per heavy atom. The van der Waals surface area contributed by atoms with Gasteiger partial charge in [-0.3, -0.25) is 0 Å². The Hall–Kier alpha value is -7.28. The lowest BCUT2D eigenvalue weighted by Crippen LogP contribution is -2.28. The summed E-state index contributed by atoms with van der Waals surface area (Å²) in [7, 11) is 0. The van der Waals surface area contributed by atoms with Crippen molar-refractivity contribution in [2.24, 2.45) is 5.92 Å². The summed E-state index contributed by atoms with van der Waals surface area (Å²) < 4.78 is 0. The third-order valence-corrected chi connectivity index (χ3v) is 14.1. The van der Waals surface area contributed by atoms with Crippen molar-refractivity contribution in [3.05, 3.63) is 311 Å². The maximum absolute atomic E-state index is 3.00. The number of benzene rings is 9. The van der Waals surface area contributed by atoms with Gasteiger partial charge in [0.1, 0.15) is 0 Å². The second kappa shape index (κ2) is 37.5. The molecule has 10 rings (SSSR count). The van der Waals surface area contributed by atoms with Crippen molar-refractivity contribution < 1.29 is 0 Å². The van der Waals surface area contributed by atoms with E-state index in [4.69, 9.17) is 0 Å². The molecule has 1 unspecified atom stereocenters. The van der Waals surface area contributed by atoms with Gasteiger partial charge in [-0.05, 0) is 127 Å². The van der Waals surface area contributed by atoms with E-state index in [2.05, 4.69) is 290 Å². The van der Waals surface area contributed by atoms with Crippen LogP contribution >= 0.6 is 0 Å². The topological polar surface area (TPSA) is 0 Å². The molecular formula is C79H98. The van der Waals surface area contributed by atoms with E-state index >= 15 is 0 Å². The summed E-state index contributed by atoms with van der Waals surface area (Å²) in [5, 5.41) is 0. The molecule has 9 aromatic carbocycles. The Labute approximate surface area is 482 Å². The van der Waals surface area contributed by atoms with Crippen LogP contribution in [0.15, 0.2) is 250 Å². The molecule has 0 aliphatic heterocycles. The Morgan fingerprint density at radius 3 is 1.23 bits per heavy atom. The second-order valence-electron chi connectivity index (χ2n) is 20.8. The van der Waals surface area contributed by atoms with Crippen molar-refractivity contribution >= 4 is 0 Å². The molecule has 0 amide bonds. The molecule has 0 nitrogen and oxygen atoms in total. The van der Waals surface area contributed by atoms with E-state index in [9.17, 15) is 0 Å². The highest BCUT2D eigenvalue weighted by atomic mass is 14.5. The summed E-state index contributed by atoms with van der Waals surface area (Å²) in [5.41, 5.74) is 20.1. The first-order valence-corrected chi connectivity index (χ1v) is 29.5. The molecule has 0 fully saturated rings. The Morgan fingerprint density at radius 1 is 0.392 bits per heavy atom. The second-order valence-corrected chi connectivity index (χ2v) is 20.8. The monoisotopic (exact) mass is 1050 g/mol. The molecule has 79 heavy (non-hydrogen) atoms. The molecule has 1 aliphatic rings. The minimum Gasteiger partial charge on any atom is -0.106 e. The van der Waals surface area contributed by atoms with Crippen LogP contribution in [0.5, 0.6) is 0 Å². The first kappa shape index (κ1) is 66.0. The number of hydrogen-bond acceptors (Lipinski definition) is 0. The van der Waals surface area contributed by atoms with Crippen LogP contribution in [0.2, 0.25) is 0 Å². The molecule has 0 heteroatoms. The summed E-state index contributed by atoms with van der Waals surface area (Å²) >= 11 is 0. The van der Waals surface area contributed by atoms with Crippen LogP contribution in [0, 0.1) is 40.5 Å². The van der Waals surface area contributed by atoms with Gasteiger partial charge in [0.2, 0.25) is 0 Å². The molecule has 9 aromatic rings. The van der Waals surface area contributed by atoms with Gasteiger partial charge >= 0.3 is 0 Å². The summed E-state index contributed by atoms with van der Waals surface area (Å²) in [4.78, 5) is 0. The Bertz CT molecular complexity index is 2870. The number of hydrogen-bond donors (Lipinski definition) is 0. The number of rotatable bonds is 11. The van der Waals surface area contributed by atoms with Crippen molar-refractivity contribution in [1.82, 2.24) is 0 Å². The summed E-state index contributed by atoms with van der Waals surface area (Å²) in [5.74, 6) is 1.61. The largest absolute Gasteiger partial charge is 0.106 e. The highest BCUT2D eigenvalue weighted by molar-refractivity contribution is 5.86. The minimum absolute atomic E-state index is 0.263. The van der Waals surface area contributed by atoms with Crippen molar-refractivity contribution in [2.75, 3.05) is 0 Å². The third-order valence-electron chi connectivity index (χ3n) is 14.1. The van der Waals surface area contributed by atoms with E-state index in [1.54, 1.807) is 0 Å². The quantitative estimate of drug-likeness (QED) is 0.113. The number of unbranched alkanes of at least 4 members (excludes halogenated alkanes) is 2. The van der Waals surface area contributed by atoms with Gasteiger partial charge < -0.3 is 0 Å². The van der Waals surface area contributed by atoms with Crippen LogP contribution in [-0.4, -0.2) is 0 Å². The maximum Gasteiger partial charge on any atom is 0.0713 e. The van der Waals surface area contributed by atoms with Crippen LogP contribution in [0.25, 0.3) is 22.3 Å². The van der Waals surface area contributed by atoms with Crippen LogP contribution in [0.1, 0.15) is 161 Å². The molecule has 1 atom stereocenters. The zero-order valence-electron chi connectivity index (χ0n) is 51.0. The predicted octanol–water partition coefficient (Wildman–Crippen LogP) is 23.5. The molecule has 414 valence electrons. The van der Waals surface area contributed by atoms with Crippen LogP contribution in [0.4, 0.5) is 0 Å². The van der Waals surface area contributed by atoms with E-state index in [-0.39, 0.29) is 5.41 Å². The van der Waals surface area contributed by atoms with Gasteiger partial charge in [0.05, 0.1) is 5.41 Å². The van der Waals surface area contributed by atoms with E-state index in [1.807, 2.05) is 50.2 Å². The lowest BCUT2D eigenvalue weighted by molar-refractivity contribution is 0.550. The van der Waals surface area contributed by atoms with E-state index in [0.717, 1.165) is 5.92 Å². The molecule has 0 spiro atoms.